The molecule has 0 unspecified atom stereocenters. The van der Waals surface area contributed by atoms with Gasteiger partial charge in [-0.25, -0.2) is 4.79 Å². The van der Waals surface area contributed by atoms with Gasteiger partial charge in [0.25, 0.3) is 0 Å². The van der Waals surface area contributed by atoms with E-state index in [9.17, 15) is 0 Å². The molecule has 0 aliphatic carbocycles. The molecule has 0 heterocycles. The van der Waals surface area contributed by atoms with Gasteiger partial charge in [0.2, 0.25) is 0 Å². The summed E-state index contributed by atoms with van der Waals surface area (Å²) in [6.45, 7) is 0. The number of hydrogen-bond donors (Lipinski definition) is 4. The fourth-order valence-electron chi connectivity index (χ4n) is 0. The average Bonchev–Trinajstić information content (AvgIpc) is 1.19. The molecule has 0 saturated carbocycles. The first-order chi connectivity index (χ1) is 3.73. The Morgan fingerprint density at radius 2 is 1.00 bits per heavy atom. The predicted molar refractivity (Wildman–Crippen MR) is 49.1 cm³/mol. The Kier molecular flexibility index (Phi) is 35.1. The standard InChI is InChI=1S/CH2O3.Al.2Li.H2O4S.5H/c2-1(3)4;;;;1-5(2,3)4;;;;;/h(H2,2,3,4);;;;(H2,1,2,3,4);;;;;. The Morgan fingerprint density at radius 3 is 1.00 bits per heavy atom. The normalized spacial score (nSPS) is 6.83. The fraction of sp³-hybridized carbons (Fsp3) is 0. The molecule has 0 aromatic heterocycles. The van der Waals surface area contributed by atoms with Gasteiger partial charge >= 0.3 is 54.3 Å². The molecule has 11 heteroatoms. The fourth-order valence-corrected chi connectivity index (χ4v) is 0. The molecule has 7 nitrogen and oxygen atoms in total. The summed E-state index contributed by atoms with van der Waals surface area (Å²) < 4.78 is 31.6. The average molecular weight is 206 g/mol. The second-order valence-corrected chi connectivity index (χ2v) is 1.63. The summed E-state index contributed by atoms with van der Waals surface area (Å²) in [7, 11) is -4.67. The van der Waals surface area contributed by atoms with Crippen LogP contribution < -0.4 is 0 Å². The second kappa shape index (κ2) is 14.4. The van der Waals surface area contributed by atoms with Crippen molar-refractivity contribution in [1.82, 2.24) is 0 Å². The van der Waals surface area contributed by atoms with Crippen molar-refractivity contribution in [2.75, 3.05) is 0 Å². The van der Waals surface area contributed by atoms with Crippen LogP contribution in [0.1, 0.15) is 0 Å². The maximum atomic E-state index is 8.74. The van der Waals surface area contributed by atoms with Crippen molar-refractivity contribution in [3.63, 3.8) is 0 Å². The molecule has 0 aliphatic heterocycles. The molecular formula is CH9AlLi2O7S. The van der Waals surface area contributed by atoms with Crippen LogP contribution in [0.3, 0.4) is 0 Å². The van der Waals surface area contributed by atoms with Crippen LogP contribution in [0.2, 0.25) is 0 Å². The van der Waals surface area contributed by atoms with Crippen LogP contribution in [-0.4, -0.2) is 89.0 Å². The Bertz CT molecular complexity index is 164. The molecule has 0 aliphatic rings. The van der Waals surface area contributed by atoms with Crippen molar-refractivity contribution in [1.29, 1.82) is 0 Å². The zero-order valence-corrected chi connectivity index (χ0v) is 4.74. The molecule has 4 N–H and O–H groups in total. The van der Waals surface area contributed by atoms with Crippen LogP contribution in [0.5, 0.6) is 0 Å². The van der Waals surface area contributed by atoms with Crippen molar-refractivity contribution in [2.45, 2.75) is 0 Å². The summed E-state index contributed by atoms with van der Waals surface area (Å²) in [6.07, 6.45) is -1.83. The minimum absolute atomic E-state index is 0. The number of rotatable bonds is 0. The number of carboxylic acid groups (broad SMARTS) is 2. The first-order valence-electron chi connectivity index (χ1n) is 1.35. The summed E-state index contributed by atoms with van der Waals surface area (Å²) in [6, 6.07) is 0. The SMILES string of the molecule is O=C(O)O.O=S(=O)(O)O.[AlH3].[LiH].[LiH]. The number of hydrogen-bond acceptors (Lipinski definition) is 3. The molecule has 0 aromatic rings. The predicted octanol–water partition coefficient (Wildman–Crippen LogP) is -2.91. The summed E-state index contributed by atoms with van der Waals surface area (Å²) in [5.41, 5.74) is 0. The van der Waals surface area contributed by atoms with Gasteiger partial charge in [-0.1, -0.05) is 0 Å². The first-order valence-corrected chi connectivity index (χ1v) is 2.75. The van der Waals surface area contributed by atoms with Crippen LogP contribution in [-0.2, 0) is 10.4 Å². The van der Waals surface area contributed by atoms with E-state index in [1.165, 1.54) is 0 Å². The van der Waals surface area contributed by atoms with E-state index < -0.39 is 16.6 Å². The first kappa shape index (κ1) is 29.3. The third-order valence-corrected chi connectivity index (χ3v) is 0. The molecule has 0 bridgehead atoms. The van der Waals surface area contributed by atoms with E-state index >= 15 is 0 Å². The van der Waals surface area contributed by atoms with E-state index in [0.29, 0.717) is 0 Å². The van der Waals surface area contributed by atoms with E-state index in [-0.39, 0.29) is 55.1 Å². The molecule has 0 atom stereocenters. The third-order valence-electron chi connectivity index (χ3n) is 0. The topological polar surface area (TPSA) is 132 Å². The van der Waals surface area contributed by atoms with Gasteiger partial charge in [-0.2, -0.15) is 8.42 Å². The van der Waals surface area contributed by atoms with Crippen LogP contribution in [0.25, 0.3) is 0 Å². The van der Waals surface area contributed by atoms with Crippen LogP contribution in [0, 0.1) is 0 Å². The van der Waals surface area contributed by atoms with Gasteiger partial charge < -0.3 is 10.2 Å². The van der Waals surface area contributed by atoms with Crippen molar-refractivity contribution in [3.8, 4) is 0 Å². The molecular weight excluding hydrogens is 197 g/mol. The Morgan fingerprint density at radius 1 is 1.00 bits per heavy atom. The van der Waals surface area contributed by atoms with Crippen molar-refractivity contribution in [2.24, 2.45) is 0 Å². The quantitative estimate of drug-likeness (QED) is 0.246. The molecule has 0 saturated heterocycles. The van der Waals surface area contributed by atoms with Crippen LogP contribution >= 0.6 is 0 Å². The van der Waals surface area contributed by atoms with Crippen LogP contribution in [0.4, 0.5) is 4.79 Å². The molecule has 0 fully saturated rings. The van der Waals surface area contributed by atoms with E-state index in [1.807, 2.05) is 0 Å². The van der Waals surface area contributed by atoms with Gasteiger partial charge in [-0.05, 0) is 0 Å². The minimum atomic E-state index is -4.67. The van der Waals surface area contributed by atoms with E-state index in [1.54, 1.807) is 0 Å². The van der Waals surface area contributed by atoms with Gasteiger partial charge in [-0.3, -0.25) is 9.11 Å². The molecule has 0 amide bonds. The third kappa shape index (κ3) is 1410. The van der Waals surface area contributed by atoms with Crippen molar-refractivity contribution >= 4 is 71.6 Å². The van der Waals surface area contributed by atoms with Gasteiger partial charge in [0, 0.05) is 0 Å². The Labute approximate surface area is 104 Å². The van der Waals surface area contributed by atoms with Crippen molar-refractivity contribution in [3.05, 3.63) is 0 Å². The zero-order valence-electron chi connectivity index (χ0n) is 3.92. The van der Waals surface area contributed by atoms with E-state index in [4.69, 9.17) is 32.5 Å². The monoisotopic (exact) mass is 206 g/mol. The van der Waals surface area contributed by atoms with Crippen molar-refractivity contribution < 1.29 is 32.5 Å². The molecule has 12 heavy (non-hydrogen) atoms. The molecule has 0 aromatic carbocycles. The molecule has 0 rings (SSSR count). The summed E-state index contributed by atoms with van der Waals surface area (Å²) in [4.78, 5) is 8.56. The van der Waals surface area contributed by atoms with E-state index in [2.05, 4.69) is 0 Å². The van der Waals surface area contributed by atoms with Gasteiger partial charge in [0.05, 0.1) is 0 Å². The maximum absolute atomic E-state index is 8.74. The Balaban J connectivity index is -0.0000000221. The van der Waals surface area contributed by atoms with Gasteiger partial charge in [0.1, 0.15) is 0 Å². The van der Waals surface area contributed by atoms with Gasteiger partial charge in [-0.15, -0.1) is 0 Å². The van der Waals surface area contributed by atoms with E-state index in [0.717, 1.165) is 0 Å². The summed E-state index contributed by atoms with van der Waals surface area (Å²) in [5, 5.41) is 13.9. The molecule has 0 radical (unpaired) electrons. The number of carbonyl (C=O) groups is 1. The van der Waals surface area contributed by atoms with Crippen LogP contribution in [0.15, 0.2) is 0 Å². The second-order valence-electron chi connectivity index (χ2n) is 0.730. The summed E-state index contributed by atoms with van der Waals surface area (Å²) >= 11 is 0. The Hall–Kier alpha value is 0.867. The zero-order chi connectivity index (χ0) is 8.08. The molecule has 66 valence electrons. The molecule has 0 spiro atoms. The summed E-state index contributed by atoms with van der Waals surface area (Å²) in [5.74, 6) is 0. The van der Waals surface area contributed by atoms with Gasteiger partial charge in [0.15, 0.2) is 17.4 Å².